The van der Waals surface area contributed by atoms with E-state index >= 15 is 0 Å². The number of aryl methyl sites for hydroxylation is 1. The largest absolute Gasteiger partial charge is 0.496 e. The van der Waals surface area contributed by atoms with Crippen molar-refractivity contribution in [3.05, 3.63) is 41.7 Å². The Balaban J connectivity index is 1.89. The molecule has 2 aromatic rings. The first-order valence-corrected chi connectivity index (χ1v) is 5.79. The lowest BCUT2D eigenvalue weighted by atomic mass is 10.2. The number of hydrogen-bond donors (Lipinski definition) is 2. The number of methoxy groups -OCH3 is 1. The molecular formula is C13H15N3O3. The van der Waals surface area contributed by atoms with E-state index in [4.69, 9.17) is 9.26 Å². The first-order valence-electron chi connectivity index (χ1n) is 5.79. The number of nitrogens with zero attached hydrogens (tertiary/aromatic N) is 1. The van der Waals surface area contributed by atoms with Gasteiger partial charge < -0.3 is 14.6 Å². The van der Waals surface area contributed by atoms with E-state index in [1.807, 2.05) is 24.3 Å². The number of anilines is 1. The van der Waals surface area contributed by atoms with Gasteiger partial charge >= 0.3 is 6.03 Å². The summed E-state index contributed by atoms with van der Waals surface area (Å²) >= 11 is 0. The molecule has 6 nitrogen and oxygen atoms in total. The highest BCUT2D eigenvalue weighted by molar-refractivity contribution is 5.88. The Bertz CT molecular complexity index is 566. The fourth-order valence-electron chi connectivity index (χ4n) is 1.61. The maximum atomic E-state index is 11.6. The van der Waals surface area contributed by atoms with Crippen LogP contribution in [0.4, 0.5) is 10.6 Å². The molecule has 2 N–H and O–H groups in total. The Hall–Kier alpha value is -2.50. The fraction of sp³-hybridized carbons (Fsp3) is 0.231. The van der Waals surface area contributed by atoms with Gasteiger partial charge in [-0.15, -0.1) is 0 Å². The van der Waals surface area contributed by atoms with Gasteiger partial charge in [-0.05, 0) is 13.0 Å². The number of para-hydroxylation sites is 1. The summed E-state index contributed by atoms with van der Waals surface area (Å²) < 4.78 is 10.1. The highest BCUT2D eigenvalue weighted by Crippen LogP contribution is 2.16. The van der Waals surface area contributed by atoms with Crippen LogP contribution in [0.5, 0.6) is 5.75 Å². The lowest BCUT2D eigenvalue weighted by Gasteiger charge is -2.09. The van der Waals surface area contributed by atoms with E-state index in [2.05, 4.69) is 15.8 Å². The average Bonchev–Trinajstić information content (AvgIpc) is 2.82. The molecule has 0 fully saturated rings. The predicted molar refractivity (Wildman–Crippen MR) is 70.1 cm³/mol. The molecule has 0 saturated carbocycles. The van der Waals surface area contributed by atoms with Crippen LogP contribution in [-0.4, -0.2) is 18.3 Å². The SMILES string of the molecule is COc1ccccc1CNC(=O)Nc1cc(C)on1. The molecule has 0 bridgehead atoms. The fourth-order valence-corrected chi connectivity index (χ4v) is 1.61. The monoisotopic (exact) mass is 261 g/mol. The van der Waals surface area contributed by atoms with Crippen molar-refractivity contribution in [3.8, 4) is 5.75 Å². The smallest absolute Gasteiger partial charge is 0.320 e. The van der Waals surface area contributed by atoms with Crippen LogP contribution in [-0.2, 0) is 6.54 Å². The summed E-state index contributed by atoms with van der Waals surface area (Å²) in [6, 6.07) is 8.79. The van der Waals surface area contributed by atoms with Crippen LogP contribution >= 0.6 is 0 Å². The number of aromatic nitrogens is 1. The molecule has 0 saturated heterocycles. The second-order valence-electron chi connectivity index (χ2n) is 3.94. The minimum atomic E-state index is -0.348. The number of amides is 2. The Morgan fingerprint density at radius 1 is 1.42 bits per heavy atom. The van der Waals surface area contributed by atoms with Gasteiger partial charge in [-0.25, -0.2) is 4.79 Å². The second-order valence-corrected chi connectivity index (χ2v) is 3.94. The first kappa shape index (κ1) is 12.9. The number of ether oxygens (including phenoxy) is 1. The van der Waals surface area contributed by atoms with Crippen molar-refractivity contribution >= 4 is 11.8 Å². The molecule has 0 spiro atoms. The summed E-state index contributed by atoms with van der Waals surface area (Å²) in [5, 5.41) is 8.97. The third-order valence-corrected chi connectivity index (χ3v) is 2.50. The molecule has 6 heteroatoms. The normalized spacial score (nSPS) is 10.0. The lowest BCUT2D eigenvalue weighted by molar-refractivity contribution is 0.251. The van der Waals surface area contributed by atoms with Gasteiger partial charge in [0.05, 0.1) is 7.11 Å². The topological polar surface area (TPSA) is 76.4 Å². The van der Waals surface area contributed by atoms with Gasteiger partial charge in [0, 0.05) is 18.2 Å². The van der Waals surface area contributed by atoms with E-state index in [1.165, 1.54) is 0 Å². The number of rotatable bonds is 4. The molecule has 0 aliphatic carbocycles. The van der Waals surface area contributed by atoms with Gasteiger partial charge in [0.1, 0.15) is 11.5 Å². The zero-order valence-electron chi connectivity index (χ0n) is 10.8. The summed E-state index contributed by atoms with van der Waals surface area (Å²) in [7, 11) is 1.59. The third-order valence-electron chi connectivity index (χ3n) is 2.50. The van der Waals surface area contributed by atoms with Crippen LogP contribution in [0.25, 0.3) is 0 Å². The predicted octanol–water partition coefficient (Wildman–Crippen LogP) is 2.31. The zero-order chi connectivity index (χ0) is 13.7. The van der Waals surface area contributed by atoms with Crippen LogP contribution in [0.2, 0.25) is 0 Å². The molecular weight excluding hydrogens is 246 g/mol. The van der Waals surface area contributed by atoms with Crippen LogP contribution in [0, 0.1) is 6.92 Å². The Morgan fingerprint density at radius 3 is 2.89 bits per heavy atom. The molecule has 2 amide bonds. The summed E-state index contributed by atoms with van der Waals surface area (Å²) in [5.41, 5.74) is 0.900. The molecule has 2 rings (SSSR count). The lowest BCUT2D eigenvalue weighted by Crippen LogP contribution is -2.28. The molecule has 1 aromatic heterocycles. The third kappa shape index (κ3) is 3.48. The molecule has 0 radical (unpaired) electrons. The van der Waals surface area contributed by atoms with Gasteiger partial charge in [-0.2, -0.15) is 0 Å². The Labute approximate surface area is 110 Å². The van der Waals surface area contributed by atoms with Crippen molar-refractivity contribution in [3.63, 3.8) is 0 Å². The number of benzene rings is 1. The highest BCUT2D eigenvalue weighted by atomic mass is 16.5. The minimum Gasteiger partial charge on any atom is -0.496 e. The summed E-state index contributed by atoms with van der Waals surface area (Å²) in [6.45, 7) is 2.12. The number of carbonyl (C=O) groups is 1. The molecule has 0 aliphatic rings. The van der Waals surface area contributed by atoms with Crippen molar-refractivity contribution < 1.29 is 14.1 Å². The number of urea groups is 1. The van der Waals surface area contributed by atoms with Crippen molar-refractivity contribution in [2.45, 2.75) is 13.5 Å². The molecule has 1 aromatic carbocycles. The molecule has 0 atom stereocenters. The van der Waals surface area contributed by atoms with Crippen LogP contribution in [0.3, 0.4) is 0 Å². The van der Waals surface area contributed by atoms with Gasteiger partial charge in [0.25, 0.3) is 0 Å². The van der Waals surface area contributed by atoms with E-state index in [0.29, 0.717) is 18.1 Å². The zero-order valence-corrected chi connectivity index (χ0v) is 10.8. The number of carbonyl (C=O) groups excluding carboxylic acids is 1. The van der Waals surface area contributed by atoms with Gasteiger partial charge in [-0.3, -0.25) is 5.32 Å². The quantitative estimate of drug-likeness (QED) is 0.885. The maximum Gasteiger partial charge on any atom is 0.320 e. The summed E-state index contributed by atoms with van der Waals surface area (Å²) in [4.78, 5) is 11.6. The van der Waals surface area contributed by atoms with E-state index in [1.54, 1.807) is 20.1 Å². The standard InChI is InChI=1S/C13H15N3O3/c1-9-7-12(16-19-9)15-13(17)14-8-10-5-3-4-6-11(10)18-2/h3-7H,8H2,1-2H3,(H2,14,15,16,17). The maximum absolute atomic E-state index is 11.6. The molecule has 100 valence electrons. The minimum absolute atomic E-state index is 0.348. The number of nitrogens with one attached hydrogen (secondary N) is 2. The van der Waals surface area contributed by atoms with Gasteiger partial charge in [0.2, 0.25) is 0 Å². The van der Waals surface area contributed by atoms with Crippen molar-refractivity contribution in [2.24, 2.45) is 0 Å². The summed E-state index contributed by atoms with van der Waals surface area (Å²) in [5.74, 6) is 1.76. The van der Waals surface area contributed by atoms with Crippen LogP contribution in [0.1, 0.15) is 11.3 Å². The average molecular weight is 261 g/mol. The molecule has 19 heavy (non-hydrogen) atoms. The van der Waals surface area contributed by atoms with E-state index in [-0.39, 0.29) is 6.03 Å². The van der Waals surface area contributed by atoms with E-state index < -0.39 is 0 Å². The van der Waals surface area contributed by atoms with Crippen LogP contribution < -0.4 is 15.4 Å². The first-order chi connectivity index (χ1) is 9.19. The number of hydrogen-bond acceptors (Lipinski definition) is 4. The molecule has 1 heterocycles. The Kier molecular flexibility index (Phi) is 4.02. The summed E-state index contributed by atoms with van der Waals surface area (Å²) in [6.07, 6.45) is 0. The van der Waals surface area contributed by atoms with Crippen LogP contribution in [0.15, 0.2) is 34.9 Å². The van der Waals surface area contributed by atoms with Crippen molar-refractivity contribution in [1.29, 1.82) is 0 Å². The second kappa shape index (κ2) is 5.90. The molecule has 0 aliphatic heterocycles. The highest BCUT2D eigenvalue weighted by Gasteiger charge is 2.07. The van der Waals surface area contributed by atoms with Crippen molar-refractivity contribution in [2.75, 3.05) is 12.4 Å². The molecule has 0 unspecified atom stereocenters. The Morgan fingerprint density at radius 2 is 2.21 bits per heavy atom. The van der Waals surface area contributed by atoms with E-state index in [9.17, 15) is 4.79 Å². The van der Waals surface area contributed by atoms with Crippen molar-refractivity contribution in [1.82, 2.24) is 10.5 Å². The van der Waals surface area contributed by atoms with E-state index in [0.717, 1.165) is 11.3 Å². The van der Waals surface area contributed by atoms with Gasteiger partial charge in [0.15, 0.2) is 5.82 Å². The van der Waals surface area contributed by atoms with Gasteiger partial charge in [-0.1, -0.05) is 23.4 Å².